The third kappa shape index (κ3) is 3.68. The fourth-order valence-corrected chi connectivity index (χ4v) is 1.91. The quantitative estimate of drug-likeness (QED) is 0.794. The normalized spacial score (nSPS) is 20.5. The van der Waals surface area contributed by atoms with Gasteiger partial charge in [0, 0.05) is 18.2 Å². The van der Waals surface area contributed by atoms with Gasteiger partial charge < -0.3 is 10.6 Å². The van der Waals surface area contributed by atoms with Gasteiger partial charge in [0.25, 0.3) is 0 Å². The highest BCUT2D eigenvalue weighted by Gasteiger charge is 2.38. The molecular weight excluding hydrogens is 240 g/mol. The second kappa shape index (κ2) is 5.69. The summed E-state index contributed by atoms with van der Waals surface area (Å²) in [6, 6.07) is 7.38. The summed E-state index contributed by atoms with van der Waals surface area (Å²) in [5.74, 6) is 0.628. The molecule has 0 saturated heterocycles. The van der Waals surface area contributed by atoms with E-state index in [0.717, 1.165) is 17.7 Å². The van der Waals surface area contributed by atoms with Gasteiger partial charge in [-0.3, -0.25) is 9.59 Å². The molecule has 2 rings (SSSR count). The van der Waals surface area contributed by atoms with Crippen LogP contribution in [0.4, 0.5) is 5.69 Å². The number of amides is 2. The van der Waals surface area contributed by atoms with Crippen LogP contribution in [0, 0.1) is 11.8 Å². The van der Waals surface area contributed by atoms with Gasteiger partial charge in [0.1, 0.15) is 0 Å². The van der Waals surface area contributed by atoms with Crippen LogP contribution in [-0.2, 0) is 16.1 Å². The van der Waals surface area contributed by atoms with Crippen LogP contribution in [0.1, 0.15) is 18.9 Å². The van der Waals surface area contributed by atoms with Gasteiger partial charge in [-0.1, -0.05) is 25.6 Å². The highest BCUT2D eigenvalue weighted by Crippen LogP contribution is 2.37. The molecule has 1 fully saturated rings. The van der Waals surface area contributed by atoms with Crippen LogP contribution in [0.15, 0.2) is 36.9 Å². The first-order valence-corrected chi connectivity index (χ1v) is 6.40. The molecule has 2 amide bonds. The van der Waals surface area contributed by atoms with Gasteiger partial charge >= 0.3 is 0 Å². The number of hydrogen-bond donors (Lipinski definition) is 2. The van der Waals surface area contributed by atoms with Crippen LogP contribution >= 0.6 is 0 Å². The lowest BCUT2D eigenvalue weighted by Crippen LogP contribution is -2.24. The van der Waals surface area contributed by atoms with Crippen LogP contribution in [0.25, 0.3) is 0 Å². The van der Waals surface area contributed by atoms with E-state index in [1.165, 1.54) is 6.08 Å². The molecule has 0 heterocycles. The topological polar surface area (TPSA) is 58.2 Å². The molecule has 1 aliphatic carbocycles. The summed E-state index contributed by atoms with van der Waals surface area (Å²) in [5, 5.41) is 5.59. The smallest absolute Gasteiger partial charge is 0.247 e. The third-order valence-corrected chi connectivity index (χ3v) is 3.32. The van der Waals surface area contributed by atoms with Crippen LogP contribution < -0.4 is 10.6 Å². The van der Waals surface area contributed by atoms with Gasteiger partial charge in [-0.25, -0.2) is 0 Å². The van der Waals surface area contributed by atoms with Gasteiger partial charge in [0.05, 0.1) is 0 Å². The molecule has 2 N–H and O–H groups in total. The molecule has 1 aliphatic rings. The largest absolute Gasteiger partial charge is 0.352 e. The maximum Gasteiger partial charge on any atom is 0.247 e. The molecule has 0 aromatic heterocycles. The van der Waals surface area contributed by atoms with Crippen molar-refractivity contribution in [1.82, 2.24) is 5.32 Å². The number of hydrogen-bond acceptors (Lipinski definition) is 2. The van der Waals surface area contributed by atoms with Crippen molar-refractivity contribution in [2.75, 3.05) is 5.32 Å². The maximum atomic E-state index is 11.7. The van der Waals surface area contributed by atoms with E-state index >= 15 is 0 Å². The monoisotopic (exact) mass is 258 g/mol. The molecule has 0 aliphatic heterocycles. The zero-order chi connectivity index (χ0) is 13.8. The molecule has 0 bridgehead atoms. The average Bonchev–Trinajstić information content (AvgIpc) is 3.14. The summed E-state index contributed by atoms with van der Waals surface area (Å²) in [6.45, 7) is 6.00. The van der Waals surface area contributed by atoms with Gasteiger partial charge in [-0.15, -0.1) is 0 Å². The van der Waals surface area contributed by atoms with Crippen LogP contribution in [0.5, 0.6) is 0 Å². The lowest BCUT2D eigenvalue weighted by Gasteiger charge is -2.06. The second-order valence-corrected chi connectivity index (χ2v) is 4.93. The Morgan fingerprint density at radius 3 is 2.53 bits per heavy atom. The van der Waals surface area contributed by atoms with E-state index in [0.29, 0.717) is 12.5 Å². The molecule has 0 spiro atoms. The average molecular weight is 258 g/mol. The molecule has 4 nitrogen and oxygen atoms in total. The first-order valence-electron chi connectivity index (χ1n) is 6.40. The highest BCUT2D eigenvalue weighted by atomic mass is 16.2. The fourth-order valence-electron chi connectivity index (χ4n) is 1.91. The number of benzene rings is 1. The predicted octanol–water partition coefficient (Wildman–Crippen LogP) is 2.08. The van der Waals surface area contributed by atoms with Gasteiger partial charge in [-0.05, 0) is 36.1 Å². The van der Waals surface area contributed by atoms with Gasteiger partial charge in [-0.2, -0.15) is 0 Å². The Hall–Kier alpha value is -2.10. The van der Waals surface area contributed by atoms with Crippen LogP contribution in [0.3, 0.4) is 0 Å². The van der Waals surface area contributed by atoms with E-state index in [-0.39, 0.29) is 17.7 Å². The van der Waals surface area contributed by atoms with E-state index in [1.807, 2.05) is 24.3 Å². The number of anilines is 1. The molecule has 0 unspecified atom stereocenters. The molecular formula is C15H18N2O2. The van der Waals surface area contributed by atoms with Crippen molar-refractivity contribution in [3.05, 3.63) is 42.5 Å². The van der Waals surface area contributed by atoms with Crippen LogP contribution in [-0.4, -0.2) is 11.8 Å². The number of carbonyl (C=O) groups excluding carboxylic acids is 2. The molecule has 1 aromatic carbocycles. The van der Waals surface area contributed by atoms with E-state index in [4.69, 9.17) is 0 Å². The van der Waals surface area contributed by atoms with E-state index in [1.54, 1.807) is 0 Å². The Bertz CT molecular complexity index is 493. The van der Waals surface area contributed by atoms with Crippen molar-refractivity contribution in [2.45, 2.75) is 19.9 Å². The Kier molecular flexibility index (Phi) is 4.00. The lowest BCUT2D eigenvalue weighted by molar-refractivity contribution is -0.122. The first-order chi connectivity index (χ1) is 9.10. The molecule has 1 aromatic rings. The SMILES string of the molecule is C=CC(=O)Nc1ccc(CNC(=O)[C@@H]2C[C@H]2C)cc1. The number of carbonyl (C=O) groups is 2. The minimum atomic E-state index is -0.233. The molecule has 0 radical (unpaired) electrons. The van der Waals surface area contributed by atoms with Gasteiger partial charge in [0.2, 0.25) is 11.8 Å². The summed E-state index contributed by atoms with van der Waals surface area (Å²) in [5.41, 5.74) is 1.73. The fraction of sp³-hybridized carbons (Fsp3) is 0.333. The Labute approximate surface area is 112 Å². The molecule has 2 atom stereocenters. The molecule has 100 valence electrons. The van der Waals surface area contributed by atoms with Crippen molar-refractivity contribution in [3.63, 3.8) is 0 Å². The van der Waals surface area contributed by atoms with E-state index < -0.39 is 0 Å². The van der Waals surface area contributed by atoms with Crippen molar-refractivity contribution in [3.8, 4) is 0 Å². The summed E-state index contributed by atoms with van der Waals surface area (Å²) < 4.78 is 0. The molecule has 1 saturated carbocycles. The summed E-state index contributed by atoms with van der Waals surface area (Å²) in [7, 11) is 0. The van der Waals surface area contributed by atoms with Crippen molar-refractivity contribution in [1.29, 1.82) is 0 Å². The summed E-state index contributed by atoms with van der Waals surface area (Å²) in [4.78, 5) is 22.8. The van der Waals surface area contributed by atoms with E-state index in [9.17, 15) is 9.59 Å². The summed E-state index contributed by atoms with van der Waals surface area (Å²) >= 11 is 0. The lowest BCUT2D eigenvalue weighted by atomic mass is 10.2. The summed E-state index contributed by atoms with van der Waals surface area (Å²) in [6.07, 6.45) is 2.23. The maximum absolute atomic E-state index is 11.7. The minimum absolute atomic E-state index is 0.136. The van der Waals surface area contributed by atoms with Crippen molar-refractivity contribution in [2.24, 2.45) is 11.8 Å². The Morgan fingerprint density at radius 2 is 2.00 bits per heavy atom. The zero-order valence-corrected chi connectivity index (χ0v) is 11.0. The standard InChI is InChI=1S/C15H18N2O2/c1-3-14(18)17-12-6-4-11(5-7-12)9-16-15(19)13-8-10(13)2/h3-7,10,13H,1,8-9H2,2H3,(H,16,19)(H,17,18)/t10-,13-/m1/s1. The Balaban J connectivity index is 1.83. The Morgan fingerprint density at radius 1 is 1.37 bits per heavy atom. The van der Waals surface area contributed by atoms with Crippen LogP contribution in [0.2, 0.25) is 0 Å². The molecule has 19 heavy (non-hydrogen) atoms. The van der Waals surface area contributed by atoms with E-state index in [2.05, 4.69) is 24.1 Å². The van der Waals surface area contributed by atoms with Crippen molar-refractivity contribution >= 4 is 17.5 Å². The molecule has 4 heteroatoms. The number of nitrogens with one attached hydrogen (secondary N) is 2. The third-order valence-electron chi connectivity index (χ3n) is 3.32. The second-order valence-electron chi connectivity index (χ2n) is 4.93. The predicted molar refractivity (Wildman–Crippen MR) is 74.4 cm³/mol. The first kappa shape index (κ1) is 13.3. The van der Waals surface area contributed by atoms with Crippen molar-refractivity contribution < 1.29 is 9.59 Å². The number of rotatable bonds is 5. The minimum Gasteiger partial charge on any atom is -0.352 e. The highest BCUT2D eigenvalue weighted by molar-refractivity contribution is 5.98. The zero-order valence-electron chi connectivity index (χ0n) is 11.0. The van der Waals surface area contributed by atoms with Gasteiger partial charge in [0.15, 0.2) is 0 Å².